The lowest BCUT2D eigenvalue weighted by Crippen LogP contribution is -2.28. The Morgan fingerprint density at radius 1 is 0.923 bits per heavy atom. The minimum Gasteiger partial charge on any atom is -0.0912 e. The van der Waals surface area contributed by atoms with Crippen molar-refractivity contribution in [3.05, 3.63) is 0 Å². The van der Waals surface area contributed by atoms with Gasteiger partial charge in [-0.15, -0.1) is 0 Å². The van der Waals surface area contributed by atoms with Crippen LogP contribution in [0.2, 0.25) is 14.8 Å². The molecule has 0 heterocycles. The second kappa shape index (κ2) is 5.42. The lowest BCUT2D eigenvalue weighted by Gasteiger charge is -2.29. The Morgan fingerprint density at radius 3 is 1.38 bits per heavy atom. The normalized spacial score (nSPS) is 12.7. The standard InChI is InChI=1S/3C4H9.Al.H2/c3*1-4(2)3;;/h1-3H3;2*4H,1H2,2-3H3;;1H. The first kappa shape index (κ1) is 13.5. The van der Waals surface area contributed by atoms with E-state index >= 15 is 0 Å². The van der Waals surface area contributed by atoms with E-state index in [1.54, 1.807) is 0 Å². The second-order valence-electron chi connectivity index (χ2n) is 6.32. The van der Waals surface area contributed by atoms with Crippen LogP contribution in [0.1, 0.15) is 49.9 Å². The molecule has 0 fully saturated rings. The third-order valence-electron chi connectivity index (χ3n) is 2.74. The first-order chi connectivity index (χ1) is 5.73. The Bertz CT molecular complexity index is 126. The average molecular weight is 200 g/mol. The molecular formula is C12H29Al. The predicted molar refractivity (Wildman–Crippen MR) is 66.9 cm³/mol. The lowest BCUT2D eigenvalue weighted by molar-refractivity contribution is 0.635. The van der Waals surface area contributed by atoms with Gasteiger partial charge in [-0.25, -0.2) is 0 Å². The molecule has 0 N–H and O–H groups in total. The quantitative estimate of drug-likeness (QED) is 0.570. The van der Waals surface area contributed by atoms with Gasteiger partial charge in [0.05, 0.1) is 0 Å². The van der Waals surface area contributed by atoms with E-state index in [2.05, 4.69) is 48.5 Å². The van der Waals surface area contributed by atoms with Crippen LogP contribution in [0.4, 0.5) is 0 Å². The fraction of sp³-hybridized carbons (Fsp3) is 1.00. The van der Waals surface area contributed by atoms with E-state index in [1.165, 1.54) is 10.6 Å². The summed E-state index contributed by atoms with van der Waals surface area (Å²) in [6.07, 6.45) is 0. The molecule has 0 aliphatic carbocycles. The van der Waals surface area contributed by atoms with E-state index in [-0.39, 0.29) is 1.43 Å². The van der Waals surface area contributed by atoms with E-state index in [9.17, 15) is 0 Å². The molecule has 0 aliphatic rings. The van der Waals surface area contributed by atoms with Gasteiger partial charge in [-0.1, -0.05) is 75.1 Å². The summed E-state index contributed by atoms with van der Waals surface area (Å²) in [6, 6.07) is 0. The zero-order valence-corrected chi connectivity index (χ0v) is 11.8. The number of hydrogen-bond acceptors (Lipinski definition) is 0. The molecule has 0 saturated heterocycles. The van der Waals surface area contributed by atoms with Crippen LogP contribution in [0, 0.1) is 11.8 Å². The Balaban J connectivity index is 0. The maximum atomic E-state index is 2.44. The van der Waals surface area contributed by atoms with Crippen molar-refractivity contribution in [1.82, 2.24) is 0 Å². The average Bonchev–Trinajstić information content (AvgIpc) is 1.81. The summed E-state index contributed by atoms with van der Waals surface area (Å²) < 4.78 is 0.620. The smallest absolute Gasteiger partial charge is 0.0912 e. The molecular weight excluding hydrogens is 171 g/mol. The largest absolute Gasteiger partial charge is 0.268 e. The van der Waals surface area contributed by atoms with Crippen LogP contribution >= 0.6 is 0 Å². The fourth-order valence-corrected chi connectivity index (χ4v) is 5.82. The Hall–Kier alpha value is 0.532. The minimum absolute atomic E-state index is 0. The van der Waals surface area contributed by atoms with Gasteiger partial charge in [-0.2, -0.15) is 0 Å². The maximum Gasteiger partial charge on any atom is 0.268 e. The highest BCUT2D eigenvalue weighted by Crippen LogP contribution is 2.35. The topological polar surface area (TPSA) is 0 Å². The van der Waals surface area contributed by atoms with Crippen molar-refractivity contribution in [1.29, 1.82) is 0 Å². The molecule has 0 aliphatic heterocycles. The third kappa shape index (κ3) is 6.58. The summed E-state index contributed by atoms with van der Waals surface area (Å²) in [7, 11) is 0. The second-order valence-corrected chi connectivity index (χ2v) is 10.4. The molecule has 0 radical (unpaired) electrons. The summed E-state index contributed by atoms with van der Waals surface area (Å²) in [5.41, 5.74) is 0. The molecule has 0 saturated carbocycles. The molecule has 13 heavy (non-hydrogen) atoms. The van der Waals surface area contributed by atoms with E-state index in [1.807, 2.05) is 0 Å². The van der Waals surface area contributed by atoms with Crippen LogP contribution in [0.15, 0.2) is 0 Å². The van der Waals surface area contributed by atoms with Crippen molar-refractivity contribution in [2.75, 3.05) is 0 Å². The van der Waals surface area contributed by atoms with Gasteiger partial charge < -0.3 is 0 Å². The zero-order chi connectivity index (χ0) is 10.6. The maximum absolute atomic E-state index is 2.44. The monoisotopic (exact) mass is 200 g/mol. The molecule has 80 valence electrons. The van der Waals surface area contributed by atoms with Crippen LogP contribution < -0.4 is 0 Å². The Morgan fingerprint density at radius 2 is 1.23 bits per heavy atom. The van der Waals surface area contributed by atoms with Gasteiger partial charge >= 0.3 is 0 Å². The molecule has 0 spiro atoms. The SMILES string of the molecule is CC(C)[CH2][Al]([CH2]C(C)C)[C](C)(C)C.[HH]. The summed E-state index contributed by atoms with van der Waals surface area (Å²) in [6.45, 7) is 16.8. The zero-order valence-electron chi connectivity index (χ0n) is 10.6. The lowest BCUT2D eigenvalue weighted by atomic mass is 10.2. The highest BCUT2D eigenvalue weighted by molar-refractivity contribution is 6.62. The molecule has 0 aromatic heterocycles. The molecule has 1 heteroatoms. The van der Waals surface area contributed by atoms with Gasteiger partial charge in [-0.05, 0) is 0 Å². The molecule has 0 atom stereocenters. The van der Waals surface area contributed by atoms with Crippen molar-refractivity contribution in [2.45, 2.75) is 63.3 Å². The van der Waals surface area contributed by atoms with Crippen molar-refractivity contribution < 1.29 is 1.43 Å². The van der Waals surface area contributed by atoms with Crippen molar-refractivity contribution in [2.24, 2.45) is 11.8 Å². The van der Waals surface area contributed by atoms with E-state index in [0.717, 1.165) is 11.8 Å². The van der Waals surface area contributed by atoms with E-state index < -0.39 is 14.1 Å². The highest BCUT2D eigenvalue weighted by Gasteiger charge is 2.31. The van der Waals surface area contributed by atoms with Crippen LogP contribution in [-0.4, -0.2) is 14.1 Å². The Labute approximate surface area is 91.0 Å². The van der Waals surface area contributed by atoms with Crippen molar-refractivity contribution >= 4 is 14.1 Å². The van der Waals surface area contributed by atoms with E-state index in [0.29, 0.717) is 4.28 Å². The van der Waals surface area contributed by atoms with Gasteiger partial charge in [0.2, 0.25) is 0 Å². The van der Waals surface area contributed by atoms with Crippen molar-refractivity contribution in [3.8, 4) is 0 Å². The Kier molecular flexibility index (Phi) is 5.64. The van der Waals surface area contributed by atoms with Gasteiger partial charge in [0.25, 0.3) is 14.1 Å². The minimum atomic E-state index is -0.538. The first-order valence-corrected chi connectivity index (χ1v) is 7.94. The van der Waals surface area contributed by atoms with Gasteiger partial charge in [0, 0.05) is 1.43 Å². The van der Waals surface area contributed by atoms with E-state index in [4.69, 9.17) is 0 Å². The molecule has 0 amide bonds. The summed E-state index contributed by atoms with van der Waals surface area (Å²) in [4.78, 5) is 0. The molecule has 0 unspecified atom stereocenters. The van der Waals surface area contributed by atoms with Gasteiger partial charge in [0.1, 0.15) is 0 Å². The molecule has 0 aromatic rings. The molecule has 0 nitrogen and oxygen atoms in total. The third-order valence-corrected chi connectivity index (χ3v) is 8.21. The summed E-state index contributed by atoms with van der Waals surface area (Å²) in [5.74, 6) is 1.80. The highest BCUT2D eigenvalue weighted by atomic mass is 27.2. The van der Waals surface area contributed by atoms with Gasteiger partial charge in [-0.3, -0.25) is 0 Å². The number of rotatable bonds is 4. The fourth-order valence-electron chi connectivity index (χ4n) is 1.94. The molecule has 0 aromatic carbocycles. The van der Waals surface area contributed by atoms with Crippen LogP contribution in [-0.2, 0) is 0 Å². The molecule has 0 bridgehead atoms. The van der Waals surface area contributed by atoms with Crippen LogP contribution in [0.3, 0.4) is 0 Å². The van der Waals surface area contributed by atoms with Gasteiger partial charge in [0.15, 0.2) is 0 Å². The first-order valence-electron chi connectivity index (χ1n) is 5.73. The molecule has 0 rings (SSSR count). The van der Waals surface area contributed by atoms with Crippen LogP contribution in [0.5, 0.6) is 0 Å². The van der Waals surface area contributed by atoms with Crippen LogP contribution in [0.25, 0.3) is 0 Å². The number of hydrogen-bond donors (Lipinski definition) is 0. The summed E-state index contributed by atoms with van der Waals surface area (Å²) in [5, 5.41) is 3.03. The summed E-state index contributed by atoms with van der Waals surface area (Å²) >= 11 is -0.538. The predicted octanol–water partition coefficient (Wildman–Crippen LogP) is 4.84. The van der Waals surface area contributed by atoms with Crippen molar-refractivity contribution in [3.63, 3.8) is 0 Å².